The van der Waals surface area contributed by atoms with Crippen LogP contribution in [0, 0.1) is 6.92 Å². The van der Waals surface area contributed by atoms with Crippen LogP contribution in [-0.2, 0) is 0 Å². The minimum Gasteiger partial charge on any atom is -0.508 e. The van der Waals surface area contributed by atoms with Crippen molar-refractivity contribution in [2.75, 3.05) is 48.0 Å². The van der Waals surface area contributed by atoms with Crippen molar-refractivity contribution in [2.24, 2.45) is 0 Å². The Bertz CT molecular complexity index is 1010. The lowest BCUT2D eigenvalue weighted by atomic mass is 10.1. The number of hydrogen-bond acceptors (Lipinski definition) is 9. The largest absolute Gasteiger partial charge is 0.508 e. The molecule has 0 aliphatic heterocycles. The number of anilines is 5. The maximum absolute atomic E-state index is 9.49. The van der Waals surface area contributed by atoms with Gasteiger partial charge < -0.3 is 47.9 Å². The first-order valence-electron chi connectivity index (χ1n) is 10.5. The second-order valence-electron chi connectivity index (χ2n) is 7.28. The van der Waals surface area contributed by atoms with Gasteiger partial charge >= 0.3 is 0 Å². The summed E-state index contributed by atoms with van der Waals surface area (Å²) in [6, 6.07) is 13.6. The molecule has 0 heterocycles. The quantitative estimate of drug-likeness (QED) is 0.115. The monoisotopic (exact) mass is 455 g/mol. The van der Waals surface area contributed by atoms with Crippen LogP contribution in [0.5, 0.6) is 23.0 Å². The summed E-state index contributed by atoms with van der Waals surface area (Å²) in [5.41, 5.74) is 26.3. The number of rotatable bonds is 8. The van der Waals surface area contributed by atoms with E-state index in [4.69, 9.17) is 32.4 Å². The number of aromatic hydroxyl groups is 2. The first kappa shape index (κ1) is 25.1. The molecule has 0 atom stereocenters. The van der Waals surface area contributed by atoms with Crippen molar-refractivity contribution < 1.29 is 19.7 Å². The third kappa shape index (κ3) is 7.49. The highest BCUT2D eigenvalue weighted by Crippen LogP contribution is 2.32. The zero-order valence-corrected chi connectivity index (χ0v) is 19.0. The van der Waals surface area contributed by atoms with Crippen molar-refractivity contribution in [3.63, 3.8) is 0 Å². The summed E-state index contributed by atoms with van der Waals surface area (Å²) in [5, 5.41) is 21.7. The van der Waals surface area contributed by atoms with Gasteiger partial charge in [0.05, 0.1) is 30.3 Å². The summed E-state index contributed by atoms with van der Waals surface area (Å²) < 4.78 is 11.1. The lowest BCUT2D eigenvalue weighted by molar-refractivity contribution is 0.249. The minimum atomic E-state index is 0.120. The van der Waals surface area contributed by atoms with E-state index in [2.05, 4.69) is 5.32 Å². The summed E-state index contributed by atoms with van der Waals surface area (Å²) in [6.07, 6.45) is 0.702. The van der Waals surface area contributed by atoms with Gasteiger partial charge in [-0.25, -0.2) is 0 Å². The van der Waals surface area contributed by atoms with Crippen molar-refractivity contribution in [1.82, 2.24) is 0 Å². The van der Waals surface area contributed by atoms with Crippen LogP contribution in [0.3, 0.4) is 0 Å². The Morgan fingerprint density at radius 1 is 0.788 bits per heavy atom. The van der Waals surface area contributed by atoms with E-state index in [-0.39, 0.29) is 11.5 Å². The van der Waals surface area contributed by atoms with E-state index in [0.29, 0.717) is 65.1 Å². The molecule has 0 amide bonds. The van der Waals surface area contributed by atoms with Gasteiger partial charge in [0.15, 0.2) is 0 Å². The highest BCUT2D eigenvalue weighted by Gasteiger charge is 2.06. The number of benzene rings is 3. The SMILES string of the molecule is CCNc1ccc(O)c(C)c1O.Nc1ccc(OCCCOc2ccc(N)cc2N)c(N)c1. The Labute approximate surface area is 193 Å². The Kier molecular flexibility index (Phi) is 9.17. The Morgan fingerprint density at radius 3 is 1.76 bits per heavy atom. The molecule has 9 nitrogen and oxygen atoms in total. The van der Waals surface area contributed by atoms with Crippen LogP contribution < -0.4 is 37.7 Å². The van der Waals surface area contributed by atoms with Gasteiger partial charge in [-0.2, -0.15) is 0 Å². The smallest absolute Gasteiger partial charge is 0.145 e. The fourth-order valence-electron chi connectivity index (χ4n) is 2.84. The summed E-state index contributed by atoms with van der Waals surface area (Å²) in [5.74, 6) is 1.48. The number of nitrogens with two attached hydrogens (primary N) is 4. The van der Waals surface area contributed by atoms with Crippen molar-refractivity contribution in [3.8, 4) is 23.0 Å². The molecule has 0 radical (unpaired) electrons. The second-order valence-corrected chi connectivity index (χ2v) is 7.28. The van der Waals surface area contributed by atoms with Crippen LogP contribution in [-0.4, -0.2) is 30.0 Å². The summed E-state index contributed by atoms with van der Waals surface area (Å²) >= 11 is 0. The zero-order chi connectivity index (χ0) is 24.4. The first-order chi connectivity index (χ1) is 15.7. The molecular formula is C24H33N5O4. The van der Waals surface area contributed by atoms with Gasteiger partial charge in [-0.15, -0.1) is 0 Å². The molecule has 0 saturated carbocycles. The van der Waals surface area contributed by atoms with Gasteiger partial charge in [0.25, 0.3) is 0 Å². The molecule has 0 aliphatic carbocycles. The van der Waals surface area contributed by atoms with E-state index in [0.717, 1.165) is 6.54 Å². The van der Waals surface area contributed by atoms with Gasteiger partial charge in [-0.3, -0.25) is 0 Å². The van der Waals surface area contributed by atoms with Crippen LogP contribution in [0.2, 0.25) is 0 Å². The third-order valence-corrected chi connectivity index (χ3v) is 4.64. The Hall–Kier alpha value is -4.14. The second kappa shape index (κ2) is 12.0. The topological polar surface area (TPSA) is 175 Å². The highest BCUT2D eigenvalue weighted by molar-refractivity contribution is 5.63. The van der Waals surface area contributed by atoms with Crippen LogP contribution in [0.25, 0.3) is 0 Å². The van der Waals surface area contributed by atoms with Gasteiger partial charge in [-0.05, 0) is 62.4 Å². The predicted octanol–water partition coefficient (Wildman–Crippen LogP) is 3.70. The normalized spacial score (nSPS) is 10.1. The fraction of sp³-hybridized carbons (Fsp3) is 0.250. The van der Waals surface area contributed by atoms with Crippen LogP contribution >= 0.6 is 0 Å². The molecule has 33 heavy (non-hydrogen) atoms. The molecule has 11 N–H and O–H groups in total. The molecule has 9 heteroatoms. The lowest BCUT2D eigenvalue weighted by Crippen LogP contribution is -2.07. The van der Waals surface area contributed by atoms with E-state index in [9.17, 15) is 10.2 Å². The molecule has 178 valence electrons. The number of nitrogens with one attached hydrogen (secondary N) is 1. The standard InChI is InChI=1S/C15H20N4O2.C9H13NO2/c16-10-2-4-14(12(18)8-10)20-6-1-7-21-15-5-3-11(17)9-13(15)19;1-3-10-7-4-5-8(11)6(2)9(7)12/h2-5,8-9H,1,6-7,16-19H2;4-5,10-12H,3H2,1-2H3. The van der Waals surface area contributed by atoms with Crippen LogP contribution in [0.15, 0.2) is 48.5 Å². The molecule has 0 unspecified atom stereocenters. The number of nitrogen functional groups attached to an aromatic ring is 4. The van der Waals surface area contributed by atoms with E-state index in [1.54, 1.807) is 55.5 Å². The van der Waals surface area contributed by atoms with Crippen molar-refractivity contribution in [3.05, 3.63) is 54.1 Å². The van der Waals surface area contributed by atoms with Crippen LogP contribution in [0.1, 0.15) is 18.9 Å². The van der Waals surface area contributed by atoms with Crippen molar-refractivity contribution >= 4 is 28.4 Å². The maximum atomic E-state index is 9.49. The molecule has 0 aliphatic rings. The molecule has 0 spiro atoms. The average Bonchev–Trinajstić information content (AvgIpc) is 2.77. The first-order valence-corrected chi connectivity index (χ1v) is 10.5. The van der Waals surface area contributed by atoms with E-state index in [1.807, 2.05) is 6.92 Å². The molecule has 3 rings (SSSR count). The summed E-state index contributed by atoms with van der Waals surface area (Å²) in [4.78, 5) is 0. The predicted molar refractivity (Wildman–Crippen MR) is 135 cm³/mol. The number of hydrogen-bond donors (Lipinski definition) is 7. The van der Waals surface area contributed by atoms with Crippen molar-refractivity contribution in [2.45, 2.75) is 20.3 Å². The van der Waals surface area contributed by atoms with E-state index >= 15 is 0 Å². The van der Waals surface area contributed by atoms with Gasteiger partial charge in [0.1, 0.15) is 23.0 Å². The average molecular weight is 456 g/mol. The van der Waals surface area contributed by atoms with Crippen molar-refractivity contribution in [1.29, 1.82) is 0 Å². The van der Waals surface area contributed by atoms with Gasteiger partial charge in [-0.1, -0.05) is 0 Å². The number of phenols is 2. The van der Waals surface area contributed by atoms with E-state index in [1.165, 1.54) is 0 Å². The number of ether oxygens (including phenoxy) is 2. The molecule has 0 bridgehead atoms. The molecule has 0 fully saturated rings. The van der Waals surface area contributed by atoms with Gasteiger partial charge in [0.2, 0.25) is 0 Å². The highest BCUT2D eigenvalue weighted by atomic mass is 16.5. The molecule has 0 saturated heterocycles. The molecule has 0 aromatic heterocycles. The minimum absolute atomic E-state index is 0.120. The Morgan fingerprint density at radius 2 is 1.30 bits per heavy atom. The molecular weight excluding hydrogens is 422 g/mol. The third-order valence-electron chi connectivity index (χ3n) is 4.64. The lowest BCUT2D eigenvalue weighted by Gasteiger charge is -2.11. The summed E-state index contributed by atoms with van der Waals surface area (Å²) in [6.45, 7) is 5.34. The molecule has 3 aromatic rings. The van der Waals surface area contributed by atoms with Gasteiger partial charge in [0, 0.05) is 29.9 Å². The summed E-state index contributed by atoms with van der Waals surface area (Å²) in [7, 11) is 0. The number of phenolic OH excluding ortho intramolecular Hbond substituents is 2. The van der Waals surface area contributed by atoms with Crippen LogP contribution in [0.4, 0.5) is 28.4 Å². The van der Waals surface area contributed by atoms with E-state index < -0.39 is 0 Å². The molecule has 3 aromatic carbocycles. The Balaban J connectivity index is 0.000000273. The zero-order valence-electron chi connectivity index (χ0n) is 19.0. The fourth-order valence-corrected chi connectivity index (χ4v) is 2.84. The maximum Gasteiger partial charge on any atom is 0.145 e.